The summed E-state index contributed by atoms with van der Waals surface area (Å²) in [6, 6.07) is 0. The van der Waals surface area contributed by atoms with Gasteiger partial charge in [0.05, 0.1) is 0 Å². The standard InChI is InChI=1S/2C6H12N.2BrH.Ni/c2*1-6-2-4-7-5-3-6;;;/h2*6H,2-5H2,1H3;2*1H;/q2*-1;;;/p-2. The van der Waals surface area contributed by atoms with Gasteiger partial charge in [0.25, 0.3) is 0 Å². The van der Waals surface area contributed by atoms with Crippen molar-refractivity contribution in [3.05, 3.63) is 10.6 Å². The fraction of sp³-hybridized carbons (Fsp3) is 1.00. The van der Waals surface area contributed by atoms with Gasteiger partial charge < -0.3 is 44.6 Å². The third kappa shape index (κ3) is 13.6. The average molecular weight is 415 g/mol. The molecule has 17 heavy (non-hydrogen) atoms. The second kappa shape index (κ2) is 15.4. The number of nitrogens with zero attached hydrogens (tertiary/aromatic N) is 2. The molecule has 2 rings (SSSR count). The SMILES string of the molecule is CC1CC[N-]CC1.CC1CC[N-]CC1.[Br-].[Br-].[Ni]. The van der Waals surface area contributed by atoms with E-state index in [0.717, 1.165) is 38.0 Å². The van der Waals surface area contributed by atoms with Gasteiger partial charge in [-0.3, -0.25) is 0 Å². The van der Waals surface area contributed by atoms with Crippen molar-refractivity contribution in [3.63, 3.8) is 0 Å². The van der Waals surface area contributed by atoms with Crippen molar-refractivity contribution in [2.24, 2.45) is 11.8 Å². The fourth-order valence-electron chi connectivity index (χ4n) is 1.76. The molecule has 2 aliphatic rings. The number of rotatable bonds is 0. The van der Waals surface area contributed by atoms with Crippen LogP contribution in [0, 0.1) is 11.8 Å². The van der Waals surface area contributed by atoms with E-state index < -0.39 is 0 Å². The van der Waals surface area contributed by atoms with Crippen LogP contribution in [0.25, 0.3) is 10.6 Å². The Kier molecular flexibility index (Phi) is 21.3. The molecule has 2 saturated heterocycles. The summed E-state index contributed by atoms with van der Waals surface area (Å²) in [6.45, 7) is 9.05. The molecular weight excluding hydrogens is 391 g/mol. The molecule has 0 aliphatic carbocycles. The summed E-state index contributed by atoms with van der Waals surface area (Å²) >= 11 is 0. The first-order valence-corrected chi connectivity index (χ1v) is 6.05. The zero-order valence-corrected chi connectivity index (χ0v) is 14.9. The Labute approximate surface area is 138 Å². The van der Waals surface area contributed by atoms with Crippen molar-refractivity contribution in [2.75, 3.05) is 26.2 Å². The van der Waals surface area contributed by atoms with Crippen LogP contribution in [0.1, 0.15) is 39.5 Å². The second-order valence-corrected chi connectivity index (χ2v) is 4.71. The van der Waals surface area contributed by atoms with Gasteiger partial charge in [0.1, 0.15) is 0 Å². The molecule has 0 bridgehead atoms. The Bertz CT molecular complexity index is 122. The Morgan fingerprint density at radius 2 is 0.882 bits per heavy atom. The van der Waals surface area contributed by atoms with Crippen molar-refractivity contribution in [1.82, 2.24) is 0 Å². The molecule has 5 heteroatoms. The molecule has 2 heterocycles. The molecular formula is C12H24Br2N2Ni-4. The summed E-state index contributed by atoms with van der Waals surface area (Å²) in [4.78, 5) is 0. The molecule has 0 radical (unpaired) electrons. The third-order valence-corrected chi connectivity index (χ3v) is 3.12. The molecule has 0 aromatic heterocycles. The monoisotopic (exact) mass is 412 g/mol. The largest absolute Gasteiger partial charge is 1.00 e. The molecule has 110 valence electrons. The number of piperidine rings is 2. The van der Waals surface area contributed by atoms with Crippen LogP contribution in [0.2, 0.25) is 0 Å². The van der Waals surface area contributed by atoms with Crippen LogP contribution in [0.15, 0.2) is 0 Å². The van der Waals surface area contributed by atoms with E-state index in [1.54, 1.807) is 0 Å². The van der Waals surface area contributed by atoms with E-state index in [1.807, 2.05) is 0 Å². The maximum atomic E-state index is 4.23. The summed E-state index contributed by atoms with van der Waals surface area (Å²) < 4.78 is 0. The van der Waals surface area contributed by atoms with Gasteiger partial charge in [-0.15, -0.1) is 26.2 Å². The van der Waals surface area contributed by atoms with Gasteiger partial charge in [-0.05, 0) is 11.8 Å². The summed E-state index contributed by atoms with van der Waals surface area (Å²) in [5.41, 5.74) is 0. The van der Waals surface area contributed by atoms with Crippen molar-refractivity contribution in [2.45, 2.75) is 39.5 Å². The van der Waals surface area contributed by atoms with Crippen molar-refractivity contribution >= 4 is 0 Å². The van der Waals surface area contributed by atoms with Gasteiger partial charge in [-0.25, -0.2) is 0 Å². The van der Waals surface area contributed by atoms with E-state index in [9.17, 15) is 0 Å². The minimum Gasteiger partial charge on any atom is -1.00 e. The van der Waals surface area contributed by atoms with Crippen LogP contribution in [0.4, 0.5) is 0 Å². The molecule has 0 amide bonds. The molecule has 0 unspecified atom stereocenters. The molecule has 0 N–H and O–H groups in total. The van der Waals surface area contributed by atoms with E-state index in [-0.39, 0.29) is 50.5 Å². The van der Waals surface area contributed by atoms with Gasteiger partial charge in [0.2, 0.25) is 0 Å². The van der Waals surface area contributed by atoms with Crippen LogP contribution in [0.5, 0.6) is 0 Å². The predicted molar refractivity (Wildman–Crippen MR) is 63.0 cm³/mol. The van der Waals surface area contributed by atoms with Gasteiger partial charge in [-0.1, -0.05) is 39.5 Å². The second-order valence-electron chi connectivity index (χ2n) is 4.71. The Hall–Kier alpha value is 1.37. The molecule has 0 atom stereocenters. The molecule has 0 aromatic rings. The van der Waals surface area contributed by atoms with Crippen LogP contribution < -0.4 is 34.0 Å². The molecule has 0 spiro atoms. The van der Waals surface area contributed by atoms with Gasteiger partial charge in [0, 0.05) is 16.5 Å². The summed E-state index contributed by atoms with van der Waals surface area (Å²) in [5, 5.41) is 8.46. The molecule has 0 saturated carbocycles. The first-order chi connectivity index (χ1) is 6.79. The fourth-order valence-corrected chi connectivity index (χ4v) is 1.76. The van der Waals surface area contributed by atoms with E-state index in [1.165, 1.54) is 25.7 Å². The quantitative estimate of drug-likeness (QED) is 0.395. The zero-order chi connectivity index (χ0) is 10.2. The normalized spacial score (nSPS) is 20.8. The third-order valence-electron chi connectivity index (χ3n) is 3.12. The van der Waals surface area contributed by atoms with Crippen molar-refractivity contribution in [1.29, 1.82) is 0 Å². The smallest absolute Gasteiger partial charge is 0 e. The molecule has 2 aliphatic heterocycles. The summed E-state index contributed by atoms with van der Waals surface area (Å²) in [5.74, 6) is 1.88. The maximum Gasteiger partial charge on any atom is 0 e. The predicted octanol–water partition coefficient (Wildman–Crippen LogP) is -2.41. The van der Waals surface area contributed by atoms with Crippen molar-refractivity contribution in [3.8, 4) is 0 Å². The Morgan fingerprint density at radius 1 is 0.647 bits per heavy atom. The van der Waals surface area contributed by atoms with Crippen LogP contribution >= 0.6 is 0 Å². The van der Waals surface area contributed by atoms with Gasteiger partial charge >= 0.3 is 0 Å². The van der Waals surface area contributed by atoms with Crippen LogP contribution in [-0.2, 0) is 16.5 Å². The Morgan fingerprint density at radius 3 is 1.00 bits per heavy atom. The minimum atomic E-state index is 0. The first-order valence-electron chi connectivity index (χ1n) is 6.05. The van der Waals surface area contributed by atoms with E-state index in [4.69, 9.17) is 0 Å². The summed E-state index contributed by atoms with van der Waals surface area (Å²) in [6.07, 6.45) is 5.28. The zero-order valence-electron chi connectivity index (χ0n) is 10.8. The summed E-state index contributed by atoms with van der Waals surface area (Å²) in [7, 11) is 0. The Balaban J connectivity index is -0.000000196. The van der Waals surface area contributed by atoms with Crippen LogP contribution in [-0.4, -0.2) is 26.2 Å². The van der Waals surface area contributed by atoms with Crippen molar-refractivity contribution < 1.29 is 50.5 Å². The van der Waals surface area contributed by atoms with Gasteiger partial charge in [-0.2, -0.15) is 0 Å². The molecule has 2 fully saturated rings. The van der Waals surface area contributed by atoms with E-state index in [2.05, 4.69) is 24.5 Å². The topological polar surface area (TPSA) is 28.2 Å². The molecule has 0 aromatic carbocycles. The first kappa shape index (κ1) is 23.5. The number of hydrogen-bond donors (Lipinski definition) is 0. The minimum absolute atomic E-state index is 0. The van der Waals surface area contributed by atoms with E-state index >= 15 is 0 Å². The molecule has 2 nitrogen and oxygen atoms in total. The number of halogens is 2. The van der Waals surface area contributed by atoms with Crippen LogP contribution in [0.3, 0.4) is 0 Å². The maximum absolute atomic E-state index is 4.23. The number of hydrogen-bond acceptors (Lipinski definition) is 0. The van der Waals surface area contributed by atoms with E-state index in [0.29, 0.717) is 0 Å². The van der Waals surface area contributed by atoms with Gasteiger partial charge in [0.15, 0.2) is 0 Å². The average Bonchev–Trinajstić information content (AvgIpc) is 2.21.